The fraction of sp³-hybridized carbons (Fsp3) is 0.455. The number of aliphatic hydroxyl groups is 1. The van der Waals surface area contributed by atoms with Crippen molar-refractivity contribution in [3.05, 3.63) is 23.5 Å². The summed E-state index contributed by atoms with van der Waals surface area (Å²) in [5.41, 5.74) is 1.08. The van der Waals surface area contributed by atoms with E-state index in [0.29, 0.717) is 17.7 Å². The van der Waals surface area contributed by atoms with Gasteiger partial charge in [0.2, 0.25) is 0 Å². The van der Waals surface area contributed by atoms with Gasteiger partial charge < -0.3 is 21.1 Å². The molecule has 0 aliphatic carbocycles. The third kappa shape index (κ3) is 5.14. The van der Waals surface area contributed by atoms with Crippen LogP contribution in [0.2, 0.25) is 0 Å². The van der Waals surface area contributed by atoms with E-state index in [2.05, 4.69) is 26.6 Å². The number of aliphatic hydroxyl groups excluding tert-OH is 1. The lowest BCUT2D eigenvalue weighted by Crippen LogP contribution is -2.24. The van der Waals surface area contributed by atoms with Gasteiger partial charge in [-0.25, -0.2) is 0 Å². The molecule has 96 valence electrons. The van der Waals surface area contributed by atoms with Gasteiger partial charge >= 0.3 is 0 Å². The molecule has 1 atom stereocenters. The van der Waals surface area contributed by atoms with Crippen LogP contribution in [0.1, 0.15) is 13.8 Å². The highest BCUT2D eigenvalue weighted by molar-refractivity contribution is 9.18. The number of nitrogens with one attached hydrogen (secondary N) is 4. The molecule has 0 aromatic heterocycles. The first-order valence-electron chi connectivity index (χ1n) is 5.24. The topological polar surface area (TPSA) is 92.0 Å². The Hall–Kier alpha value is -1.14. The second kappa shape index (κ2) is 8.03. The van der Waals surface area contributed by atoms with Crippen molar-refractivity contribution < 1.29 is 5.11 Å². The number of hydrogen-bond acceptors (Lipinski definition) is 5. The Morgan fingerprint density at radius 1 is 1.35 bits per heavy atom. The van der Waals surface area contributed by atoms with Crippen molar-refractivity contribution in [2.75, 3.05) is 13.6 Å². The monoisotopic (exact) mass is 302 g/mol. The van der Waals surface area contributed by atoms with Gasteiger partial charge in [-0.3, -0.25) is 5.41 Å². The molecule has 0 aromatic rings. The quantitative estimate of drug-likeness (QED) is 0.460. The lowest BCUT2D eigenvalue weighted by Gasteiger charge is -2.17. The molecular weight excluding hydrogens is 284 g/mol. The van der Waals surface area contributed by atoms with Gasteiger partial charge in [-0.1, -0.05) is 0 Å². The summed E-state index contributed by atoms with van der Waals surface area (Å²) in [6.07, 6.45) is 2.13. The van der Waals surface area contributed by atoms with Crippen LogP contribution in [0.15, 0.2) is 23.5 Å². The van der Waals surface area contributed by atoms with E-state index in [1.807, 2.05) is 6.92 Å². The highest BCUT2D eigenvalue weighted by Gasteiger charge is 2.20. The fourth-order valence-electron chi connectivity index (χ4n) is 1.19. The molecule has 0 saturated heterocycles. The molecule has 0 spiro atoms. The highest BCUT2D eigenvalue weighted by Crippen LogP contribution is 2.16. The van der Waals surface area contributed by atoms with Crippen LogP contribution < -0.4 is 10.6 Å². The Bertz CT molecular complexity index is 349. The zero-order valence-electron chi connectivity index (χ0n) is 10.3. The summed E-state index contributed by atoms with van der Waals surface area (Å²) < 4.78 is 0.0861. The van der Waals surface area contributed by atoms with Gasteiger partial charge in [-0.15, -0.1) is 0 Å². The summed E-state index contributed by atoms with van der Waals surface area (Å²) in [6, 6.07) is 0. The molecule has 0 aromatic carbocycles. The first kappa shape index (κ1) is 15.9. The summed E-state index contributed by atoms with van der Waals surface area (Å²) >= 11 is 3.02. The predicted octanol–water partition coefficient (Wildman–Crippen LogP) is 1.36. The van der Waals surface area contributed by atoms with Gasteiger partial charge in [-0.05, 0) is 29.8 Å². The summed E-state index contributed by atoms with van der Waals surface area (Å²) in [5.74, 6) is 0. The largest absolute Gasteiger partial charge is 0.394 e. The fourth-order valence-corrected chi connectivity index (χ4v) is 1.52. The predicted molar refractivity (Wildman–Crippen MR) is 75.0 cm³/mol. The van der Waals surface area contributed by atoms with E-state index in [9.17, 15) is 5.11 Å². The minimum absolute atomic E-state index is 0.0861. The van der Waals surface area contributed by atoms with Crippen LogP contribution in [0.4, 0.5) is 0 Å². The zero-order valence-corrected chi connectivity index (χ0v) is 11.9. The molecule has 0 saturated carbocycles. The highest BCUT2D eigenvalue weighted by atomic mass is 79.9. The van der Waals surface area contributed by atoms with Crippen LogP contribution in [0, 0.1) is 10.8 Å². The molecule has 0 bridgehead atoms. The summed E-state index contributed by atoms with van der Waals surface area (Å²) in [6.45, 7) is 4.23. The Kier molecular flexibility index (Phi) is 7.49. The van der Waals surface area contributed by atoms with E-state index in [-0.39, 0.29) is 10.3 Å². The maximum absolute atomic E-state index is 10.1. The van der Waals surface area contributed by atoms with Gasteiger partial charge in [0.05, 0.1) is 0 Å². The van der Waals surface area contributed by atoms with Crippen LogP contribution in [0.25, 0.3) is 0 Å². The van der Waals surface area contributed by atoms with Gasteiger partial charge in [0.15, 0.2) is 0 Å². The molecule has 5 nitrogen and oxygen atoms in total. The number of hydrogen-bond donors (Lipinski definition) is 5. The molecule has 0 amide bonds. The Morgan fingerprint density at radius 3 is 2.29 bits per heavy atom. The average Bonchev–Trinajstić information content (AvgIpc) is 2.25. The van der Waals surface area contributed by atoms with Crippen molar-refractivity contribution in [1.29, 1.82) is 10.8 Å². The Balaban J connectivity index is 5.18. The Labute approximate surface area is 110 Å². The van der Waals surface area contributed by atoms with E-state index in [4.69, 9.17) is 10.8 Å². The van der Waals surface area contributed by atoms with E-state index < -0.39 is 6.10 Å². The second-order valence-corrected chi connectivity index (χ2v) is 4.18. The first-order chi connectivity index (χ1) is 7.95. The third-order valence-corrected chi connectivity index (χ3v) is 2.49. The summed E-state index contributed by atoms with van der Waals surface area (Å²) in [5, 5.41) is 31.0. The van der Waals surface area contributed by atoms with Gasteiger partial charge in [0.1, 0.15) is 10.7 Å². The Morgan fingerprint density at radius 2 is 1.94 bits per heavy atom. The summed E-state index contributed by atoms with van der Waals surface area (Å²) in [7, 11) is 1.69. The summed E-state index contributed by atoms with van der Waals surface area (Å²) in [4.78, 5) is 0. The minimum atomic E-state index is -1.01. The number of halogens is 1. The normalized spacial score (nSPS) is 14.2. The van der Waals surface area contributed by atoms with E-state index in [1.54, 1.807) is 20.2 Å². The maximum atomic E-state index is 10.1. The molecule has 0 fully saturated rings. The molecule has 0 rings (SSSR count). The first-order valence-corrected chi connectivity index (χ1v) is 6.03. The molecular formula is C11H19BrN4O. The number of rotatable bonds is 7. The van der Waals surface area contributed by atoms with E-state index in [1.165, 1.54) is 6.20 Å². The third-order valence-electron chi connectivity index (χ3n) is 2.04. The molecule has 1 unspecified atom stereocenters. The molecule has 17 heavy (non-hydrogen) atoms. The van der Waals surface area contributed by atoms with Crippen molar-refractivity contribution in [1.82, 2.24) is 10.6 Å². The standard InChI is InChI=1S/C11H19BrN4O/c1-4-16-6-8(7(2)13)10(17)9(5-15-3)11(12)14/h5-6,10,13-17H,4H2,1-3H3/b8-6+,9-5-,13-7?,14-11?. The molecule has 5 N–H and O–H groups in total. The molecule has 0 aliphatic heterocycles. The van der Waals surface area contributed by atoms with Crippen LogP contribution >= 0.6 is 15.9 Å². The van der Waals surface area contributed by atoms with Crippen molar-refractivity contribution in [2.45, 2.75) is 20.0 Å². The molecule has 0 heterocycles. The van der Waals surface area contributed by atoms with E-state index in [0.717, 1.165) is 0 Å². The maximum Gasteiger partial charge on any atom is 0.111 e. The van der Waals surface area contributed by atoms with Crippen molar-refractivity contribution >= 4 is 26.3 Å². The lowest BCUT2D eigenvalue weighted by atomic mass is 10.0. The SMILES string of the molecule is CCN/C=C(\C(C)=N)C(O)/C(=C/NC)C(=N)Br. The van der Waals surface area contributed by atoms with Crippen LogP contribution in [-0.4, -0.2) is 35.1 Å². The van der Waals surface area contributed by atoms with Gasteiger partial charge in [0, 0.05) is 42.9 Å². The lowest BCUT2D eigenvalue weighted by molar-refractivity contribution is 0.258. The van der Waals surface area contributed by atoms with Crippen molar-refractivity contribution in [2.24, 2.45) is 0 Å². The molecule has 6 heteroatoms. The van der Waals surface area contributed by atoms with Crippen molar-refractivity contribution in [3.8, 4) is 0 Å². The molecule has 0 aliphatic rings. The minimum Gasteiger partial charge on any atom is -0.394 e. The van der Waals surface area contributed by atoms with Crippen molar-refractivity contribution in [3.63, 3.8) is 0 Å². The molecule has 0 radical (unpaired) electrons. The van der Waals surface area contributed by atoms with Gasteiger partial charge in [0.25, 0.3) is 0 Å². The van der Waals surface area contributed by atoms with Gasteiger partial charge in [-0.2, -0.15) is 0 Å². The van der Waals surface area contributed by atoms with Crippen LogP contribution in [0.5, 0.6) is 0 Å². The van der Waals surface area contributed by atoms with Crippen LogP contribution in [0.3, 0.4) is 0 Å². The second-order valence-electron chi connectivity index (χ2n) is 3.39. The zero-order chi connectivity index (χ0) is 13.4. The smallest absolute Gasteiger partial charge is 0.111 e. The van der Waals surface area contributed by atoms with Crippen LogP contribution in [-0.2, 0) is 0 Å². The van der Waals surface area contributed by atoms with E-state index >= 15 is 0 Å². The average molecular weight is 303 g/mol.